The van der Waals surface area contributed by atoms with Crippen LogP contribution in [0.1, 0.15) is 92.8 Å². The summed E-state index contributed by atoms with van der Waals surface area (Å²) in [5, 5.41) is 17.1. The first kappa shape index (κ1) is 41.0. The molecule has 1 N–H and O–H groups in total. The van der Waals surface area contributed by atoms with Crippen LogP contribution in [0, 0.1) is 16.9 Å². The van der Waals surface area contributed by atoms with Gasteiger partial charge in [0.2, 0.25) is 5.71 Å². The first-order chi connectivity index (χ1) is 24.1. The van der Waals surface area contributed by atoms with Gasteiger partial charge in [-0.05, 0) is 48.6 Å². The summed E-state index contributed by atoms with van der Waals surface area (Å²) in [5.41, 5.74) is 3.54. The molecule has 0 bridgehead atoms. The van der Waals surface area contributed by atoms with E-state index < -0.39 is 8.07 Å². The van der Waals surface area contributed by atoms with Crippen molar-refractivity contribution in [2.24, 2.45) is 10.8 Å². The first-order valence-electron chi connectivity index (χ1n) is 18.5. The third kappa shape index (κ3) is 7.80. The van der Waals surface area contributed by atoms with E-state index in [1.165, 1.54) is 22.0 Å². The number of carbonyl (C=O) groups is 1. The molecule has 277 valence electrons. The third-order valence-corrected chi connectivity index (χ3v) is 13.1. The summed E-state index contributed by atoms with van der Waals surface area (Å²) in [6, 6.07) is 22.4. The molecule has 0 saturated carbocycles. The van der Waals surface area contributed by atoms with E-state index in [-0.39, 0.29) is 48.4 Å². The molecule has 1 radical (unpaired) electrons. The molecule has 0 aliphatic rings. The monoisotopic (exact) mass is 893 g/mol. The second-order valence-corrected chi connectivity index (χ2v) is 20.7. The van der Waals surface area contributed by atoms with Gasteiger partial charge in [0.05, 0.1) is 19.2 Å². The van der Waals surface area contributed by atoms with Gasteiger partial charge in [0.25, 0.3) is 0 Å². The minimum Gasteiger partial charge on any atom is -0.512 e. The van der Waals surface area contributed by atoms with Crippen LogP contribution in [0.2, 0.25) is 19.6 Å². The van der Waals surface area contributed by atoms with Crippen LogP contribution in [0.4, 0.5) is 0 Å². The molecular formula is C44H54IrN3O3Si-. The third-order valence-electron chi connectivity index (χ3n) is 11.1. The van der Waals surface area contributed by atoms with Crippen LogP contribution < -0.4 is 5.19 Å². The number of hydrogen-bond donors (Lipinski definition) is 1. The van der Waals surface area contributed by atoms with Gasteiger partial charge >= 0.3 is 0 Å². The Kier molecular flexibility index (Phi) is 12.7. The van der Waals surface area contributed by atoms with Gasteiger partial charge < -0.3 is 9.52 Å². The fourth-order valence-electron chi connectivity index (χ4n) is 6.49. The second-order valence-electron chi connectivity index (χ2n) is 15.7. The zero-order chi connectivity index (χ0) is 37.3. The van der Waals surface area contributed by atoms with E-state index in [1.807, 2.05) is 65.8 Å². The molecule has 3 heterocycles. The maximum Gasteiger partial charge on any atom is 0.216 e. The van der Waals surface area contributed by atoms with Crippen molar-refractivity contribution in [3.8, 4) is 11.3 Å². The van der Waals surface area contributed by atoms with E-state index in [4.69, 9.17) is 14.4 Å². The Bertz CT molecular complexity index is 2240. The van der Waals surface area contributed by atoms with Crippen LogP contribution in [0.5, 0.6) is 0 Å². The Morgan fingerprint density at radius 1 is 0.885 bits per heavy atom. The molecule has 0 spiro atoms. The minimum absolute atomic E-state index is 0. The smallest absolute Gasteiger partial charge is 0.216 e. The van der Waals surface area contributed by atoms with E-state index in [9.17, 15) is 9.90 Å². The van der Waals surface area contributed by atoms with E-state index >= 15 is 0 Å². The van der Waals surface area contributed by atoms with Crippen LogP contribution in [0.25, 0.3) is 55.0 Å². The average Bonchev–Trinajstić information content (AvgIpc) is 3.52. The van der Waals surface area contributed by atoms with Crippen molar-refractivity contribution in [3.05, 3.63) is 84.5 Å². The SMILES string of the molecule is CC(C)c1nc(-c2[c-]ccc3c2oc2ncccc23)c2ccc3cccc([Si](C)(C)C)c3c2n1.CCC(C)(CC)C(=O)/C=C(\O)C(C)(CC)CC.[Ir]. The molecule has 0 fully saturated rings. The predicted octanol–water partition coefficient (Wildman–Crippen LogP) is 11.9. The van der Waals surface area contributed by atoms with Crippen molar-refractivity contribution in [2.75, 3.05) is 0 Å². The number of pyridine rings is 1. The first-order valence-corrected chi connectivity index (χ1v) is 22.0. The molecule has 0 saturated heterocycles. The number of aromatic nitrogens is 3. The number of ketones is 1. The number of hydrogen-bond acceptors (Lipinski definition) is 6. The number of fused-ring (bicyclic) bond motifs is 6. The number of aliphatic hydroxyl groups is 1. The standard InChI is InChI=1S/C29H26N3OSi.C15H28O2.Ir/c1-17(2)28-31-25(22-11-7-10-19-20-12-8-16-30-29(20)33-27(19)22)21-15-14-18-9-6-13-23(34(3,4)5)24(18)26(21)32-28;1-7-14(5,8-2)12(16)11-13(17)15(6,9-3)10-4;/h6-10,12-17H,1-5H3;11,16H,7-10H2,1-6H3;/q-1;;/b;12-11-;. The van der Waals surface area contributed by atoms with Crippen LogP contribution in [-0.2, 0) is 24.9 Å². The molecule has 0 atom stereocenters. The Morgan fingerprint density at radius 3 is 2.17 bits per heavy atom. The van der Waals surface area contributed by atoms with Crippen LogP contribution >= 0.6 is 0 Å². The zero-order valence-electron chi connectivity index (χ0n) is 32.7. The number of furan rings is 1. The molecule has 3 aromatic heterocycles. The number of allylic oxidation sites excluding steroid dienone is 2. The van der Waals surface area contributed by atoms with Gasteiger partial charge in [-0.2, -0.15) is 0 Å². The Hall–Kier alpha value is -3.71. The van der Waals surface area contributed by atoms with Gasteiger partial charge in [-0.3, -0.25) is 9.78 Å². The van der Waals surface area contributed by atoms with Gasteiger partial charge in [-0.1, -0.05) is 121 Å². The van der Waals surface area contributed by atoms with E-state index in [0.29, 0.717) is 5.71 Å². The van der Waals surface area contributed by atoms with Gasteiger partial charge in [0.1, 0.15) is 11.6 Å². The topological polar surface area (TPSA) is 89.1 Å². The normalized spacial score (nSPS) is 12.7. The Balaban J connectivity index is 0.000000289. The van der Waals surface area contributed by atoms with Gasteiger partial charge in [0, 0.05) is 65.6 Å². The number of carbonyl (C=O) groups excluding carboxylic acids is 1. The molecule has 8 heteroatoms. The number of rotatable bonds is 10. The van der Waals surface area contributed by atoms with Crippen molar-refractivity contribution in [1.82, 2.24) is 15.0 Å². The number of aliphatic hydroxyl groups excluding tert-OH is 1. The molecular weight excluding hydrogens is 839 g/mol. The van der Waals surface area contributed by atoms with Crippen LogP contribution in [0.15, 0.2) is 77.0 Å². The fraction of sp³-hybridized carbons (Fsp3) is 0.409. The van der Waals surface area contributed by atoms with Gasteiger partial charge in [0.15, 0.2) is 5.78 Å². The summed E-state index contributed by atoms with van der Waals surface area (Å²) in [6.07, 6.45) is 6.51. The largest absolute Gasteiger partial charge is 0.512 e. The number of nitrogens with zero attached hydrogens (tertiary/aromatic N) is 3. The van der Waals surface area contributed by atoms with E-state index in [2.05, 4.69) is 74.9 Å². The fourth-order valence-corrected chi connectivity index (χ4v) is 8.10. The molecule has 0 amide bonds. The number of benzene rings is 3. The summed E-state index contributed by atoms with van der Waals surface area (Å²) in [6.45, 7) is 23.5. The molecule has 0 unspecified atom stereocenters. The second kappa shape index (κ2) is 16.1. The summed E-state index contributed by atoms with van der Waals surface area (Å²) < 4.78 is 6.26. The van der Waals surface area contributed by atoms with E-state index in [0.717, 1.165) is 70.0 Å². The Labute approximate surface area is 323 Å². The molecule has 0 aliphatic carbocycles. The predicted molar refractivity (Wildman–Crippen MR) is 217 cm³/mol. The summed E-state index contributed by atoms with van der Waals surface area (Å²) in [7, 11) is -1.62. The summed E-state index contributed by atoms with van der Waals surface area (Å²) >= 11 is 0. The maximum atomic E-state index is 12.2. The van der Waals surface area contributed by atoms with Crippen molar-refractivity contribution in [3.63, 3.8) is 0 Å². The van der Waals surface area contributed by atoms with Crippen molar-refractivity contribution in [1.29, 1.82) is 0 Å². The minimum atomic E-state index is -1.62. The molecule has 6 aromatic rings. The maximum absolute atomic E-state index is 12.2. The summed E-state index contributed by atoms with van der Waals surface area (Å²) in [4.78, 5) is 26.8. The van der Waals surface area contributed by atoms with Crippen molar-refractivity contribution < 1.29 is 34.4 Å². The molecule has 3 aromatic carbocycles. The molecule has 0 aliphatic heterocycles. The van der Waals surface area contributed by atoms with Gasteiger partial charge in [-0.25, -0.2) is 9.97 Å². The Morgan fingerprint density at radius 2 is 1.56 bits per heavy atom. The molecule has 6 rings (SSSR count). The quantitative estimate of drug-likeness (QED) is 0.0484. The van der Waals surface area contributed by atoms with Crippen molar-refractivity contribution in [2.45, 2.75) is 107 Å². The van der Waals surface area contributed by atoms with Crippen LogP contribution in [0.3, 0.4) is 0 Å². The zero-order valence-corrected chi connectivity index (χ0v) is 36.1. The van der Waals surface area contributed by atoms with Gasteiger partial charge in [-0.15, -0.1) is 18.2 Å². The summed E-state index contributed by atoms with van der Waals surface area (Å²) in [5.74, 6) is 1.31. The van der Waals surface area contributed by atoms with Crippen molar-refractivity contribution >= 4 is 62.8 Å². The van der Waals surface area contributed by atoms with E-state index in [1.54, 1.807) is 6.20 Å². The van der Waals surface area contributed by atoms with Crippen LogP contribution in [-0.4, -0.2) is 33.9 Å². The average molecular weight is 893 g/mol. The molecule has 6 nitrogen and oxygen atoms in total. The molecule has 52 heavy (non-hydrogen) atoms.